The van der Waals surface area contributed by atoms with Crippen LogP contribution in [0.1, 0.15) is 16.7 Å². The van der Waals surface area contributed by atoms with E-state index in [1.807, 2.05) is 6.07 Å². The van der Waals surface area contributed by atoms with E-state index in [1.54, 1.807) is 38.1 Å². The summed E-state index contributed by atoms with van der Waals surface area (Å²) in [7, 11) is 1.47. The van der Waals surface area contributed by atoms with Gasteiger partial charge in [0.15, 0.2) is 23.3 Å². The Morgan fingerprint density at radius 1 is 1.34 bits per heavy atom. The molecule has 1 saturated heterocycles. The predicted molar refractivity (Wildman–Crippen MR) is 125 cm³/mol. The van der Waals surface area contributed by atoms with E-state index < -0.39 is 4.92 Å². The van der Waals surface area contributed by atoms with Crippen LogP contribution in [0.25, 0.3) is 6.08 Å². The van der Waals surface area contributed by atoms with Gasteiger partial charge in [-0.2, -0.15) is 5.26 Å². The number of hydrogen-bond donors (Lipinski definition) is 1. The summed E-state index contributed by atoms with van der Waals surface area (Å²) in [5.74, 6) is 0.450. The van der Waals surface area contributed by atoms with Crippen LogP contribution in [0.15, 0.2) is 38.6 Å². The first-order valence-corrected chi connectivity index (χ1v) is 10.8. The number of aliphatic imine (C=N–C) groups is 1. The number of carbonyl (C=O) groups is 1. The fourth-order valence-corrected chi connectivity index (χ4v) is 4.31. The minimum Gasteiger partial charge on any atom is -0.493 e. The van der Waals surface area contributed by atoms with Crippen LogP contribution in [-0.4, -0.2) is 29.7 Å². The number of amidine groups is 1. The Kier molecular flexibility index (Phi) is 7.17. The van der Waals surface area contributed by atoms with E-state index >= 15 is 0 Å². The van der Waals surface area contributed by atoms with Gasteiger partial charge in [0.25, 0.3) is 11.6 Å². The SMILES string of the molecule is COc1cc(/C=C2\SC(=Nc3cc(C)c(C)c([N+](=O)[O-])c3)NC2=O)cc(Br)c1OCC#N. The number of thioether (sulfide) groups is 1. The number of nitrogens with one attached hydrogen (secondary N) is 1. The Morgan fingerprint density at radius 2 is 2.09 bits per heavy atom. The third-order valence-corrected chi connectivity index (χ3v) is 6.03. The van der Waals surface area contributed by atoms with E-state index in [9.17, 15) is 14.9 Å². The molecule has 0 radical (unpaired) electrons. The van der Waals surface area contributed by atoms with Gasteiger partial charge in [-0.05, 0) is 76.9 Å². The van der Waals surface area contributed by atoms with E-state index in [0.717, 1.165) is 17.3 Å². The maximum atomic E-state index is 12.4. The van der Waals surface area contributed by atoms with Gasteiger partial charge in [-0.1, -0.05) is 0 Å². The standard InChI is InChI=1S/C21H17BrN4O5S/c1-11-6-14(10-16(12(11)2)26(28)29)24-21-25-20(27)18(32-21)9-13-7-15(22)19(31-5-4-23)17(8-13)30-3/h6-10H,5H2,1-3H3,(H,24,25,27)/b18-9-. The zero-order valence-electron chi connectivity index (χ0n) is 17.3. The Labute approximate surface area is 196 Å². The lowest BCUT2D eigenvalue weighted by Crippen LogP contribution is -2.19. The number of ether oxygens (including phenoxy) is 2. The van der Waals surface area contributed by atoms with E-state index in [-0.39, 0.29) is 18.2 Å². The van der Waals surface area contributed by atoms with Crippen molar-refractivity contribution in [1.82, 2.24) is 5.32 Å². The zero-order valence-corrected chi connectivity index (χ0v) is 19.7. The van der Waals surface area contributed by atoms with Crippen molar-refractivity contribution >= 4 is 56.2 Å². The number of methoxy groups -OCH3 is 1. The summed E-state index contributed by atoms with van der Waals surface area (Å²) >= 11 is 4.51. The molecule has 0 aliphatic carbocycles. The summed E-state index contributed by atoms with van der Waals surface area (Å²) in [5.41, 5.74) is 2.33. The fraction of sp³-hybridized carbons (Fsp3) is 0.190. The summed E-state index contributed by atoms with van der Waals surface area (Å²) in [6.45, 7) is 3.32. The van der Waals surface area contributed by atoms with Crippen molar-refractivity contribution in [3.05, 3.63) is 60.4 Å². The minimum atomic E-state index is -0.451. The lowest BCUT2D eigenvalue weighted by molar-refractivity contribution is -0.385. The highest BCUT2D eigenvalue weighted by molar-refractivity contribution is 9.10. The van der Waals surface area contributed by atoms with Gasteiger partial charge in [0.1, 0.15) is 6.07 Å². The lowest BCUT2D eigenvalue weighted by atomic mass is 10.1. The molecular formula is C21H17BrN4O5S. The average molecular weight is 517 g/mol. The molecule has 0 bridgehead atoms. The summed E-state index contributed by atoms with van der Waals surface area (Å²) in [6, 6.07) is 8.42. The first kappa shape index (κ1) is 23.3. The van der Waals surface area contributed by atoms with Crippen molar-refractivity contribution in [2.24, 2.45) is 4.99 Å². The largest absolute Gasteiger partial charge is 0.493 e. The van der Waals surface area contributed by atoms with Crippen molar-refractivity contribution in [1.29, 1.82) is 5.26 Å². The number of nitro benzene ring substituents is 1. The van der Waals surface area contributed by atoms with Gasteiger partial charge < -0.3 is 14.8 Å². The van der Waals surface area contributed by atoms with Crippen molar-refractivity contribution in [2.45, 2.75) is 13.8 Å². The van der Waals surface area contributed by atoms with Crippen molar-refractivity contribution in [2.75, 3.05) is 13.7 Å². The highest BCUT2D eigenvalue weighted by Crippen LogP contribution is 2.38. The molecule has 9 nitrogen and oxygen atoms in total. The molecule has 1 heterocycles. The lowest BCUT2D eigenvalue weighted by Gasteiger charge is -2.11. The summed E-state index contributed by atoms with van der Waals surface area (Å²) in [6.07, 6.45) is 1.66. The second-order valence-electron chi connectivity index (χ2n) is 6.63. The Balaban J connectivity index is 1.90. The summed E-state index contributed by atoms with van der Waals surface area (Å²) in [5, 5.41) is 23.0. The number of rotatable bonds is 6. The molecule has 0 aromatic heterocycles. The highest BCUT2D eigenvalue weighted by Gasteiger charge is 2.25. The number of nitro groups is 1. The number of halogens is 1. The number of nitrogens with zero attached hydrogens (tertiary/aromatic N) is 3. The van der Waals surface area contributed by atoms with Crippen LogP contribution in [0.4, 0.5) is 11.4 Å². The number of carbonyl (C=O) groups excluding carboxylic acids is 1. The Morgan fingerprint density at radius 3 is 2.75 bits per heavy atom. The second kappa shape index (κ2) is 9.84. The molecular weight excluding hydrogens is 500 g/mol. The third kappa shape index (κ3) is 5.09. The molecule has 1 aliphatic heterocycles. The normalized spacial score (nSPS) is 15.5. The van der Waals surface area contributed by atoms with E-state index in [2.05, 4.69) is 26.2 Å². The van der Waals surface area contributed by atoms with Crippen LogP contribution in [-0.2, 0) is 4.79 Å². The molecule has 1 aliphatic rings. The number of amides is 1. The Bertz CT molecular complexity index is 1220. The molecule has 0 spiro atoms. The van der Waals surface area contributed by atoms with Crippen LogP contribution < -0.4 is 14.8 Å². The molecule has 1 N–H and O–H groups in total. The zero-order chi connectivity index (χ0) is 23.4. The predicted octanol–water partition coefficient (Wildman–Crippen LogP) is 4.78. The van der Waals surface area contributed by atoms with Crippen LogP contribution >= 0.6 is 27.7 Å². The molecule has 3 rings (SSSR count). The van der Waals surface area contributed by atoms with Crippen LogP contribution in [0.5, 0.6) is 11.5 Å². The van der Waals surface area contributed by atoms with Crippen LogP contribution in [0.2, 0.25) is 0 Å². The molecule has 0 saturated carbocycles. The van der Waals surface area contributed by atoms with E-state index in [1.165, 1.54) is 13.2 Å². The van der Waals surface area contributed by atoms with Crippen molar-refractivity contribution < 1.29 is 19.2 Å². The maximum Gasteiger partial charge on any atom is 0.274 e. The van der Waals surface area contributed by atoms with Gasteiger partial charge in [0, 0.05) is 11.6 Å². The third-order valence-electron chi connectivity index (χ3n) is 4.53. The summed E-state index contributed by atoms with van der Waals surface area (Å²) < 4.78 is 11.3. The van der Waals surface area contributed by atoms with Crippen LogP contribution in [0.3, 0.4) is 0 Å². The molecule has 0 unspecified atom stereocenters. The van der Waals surface area contributed by atoms with Crippen LogP contribution in [0, 0.1) is 35.3 Å². The van der Waals surface area contributed by atoms with Gasteiger partial charge in [0.2, 0.25) is 0 Å². The molecule has 2 aromatic carbocycles. The first-order valence-electron chi connectivity index (χ1n) is 9.16. The molecule has 1 amide bonds. The van der Waals surface area contributed by atoms with Gasteiger partial charge in [-0.3, -0.25) is 14.9 Å². The summed E-state index contributed by atoms with van der Waals surface area (Å²) in [4.78, 5) is 28.0. The molecule has 164 valence electrons. The quantitative estimate of drug-likeness (QED) is 0.332. The van der Waals surface area contributed by atoms with Crippen molar-refractivity contribution in [3.63, 3.8) is 0 Å². The maximum absolute atomic E-state index is 12.4. The number of benzene rings is 2. The molecule has 1 fully saturated rings. The number of nitriles is 1. The van der Waals surface area contributed by atoms with Gasteiger partial charge in [-0.25, -0.2) is 4.99 Å². The topological polar surface area (TPSA) is 127 Å². The van der Waals surface area contributed by atoms with E-state index in [0.29, 0.717) is 42.9 Å². The van der Waals surface area contributed by atoms with Gasteiger partial charge in [0.05, 0.1) is 27.1 Å². The monoisotopic (exact) mass is 516 g/mol. The number of hydrogen-bond acceptors (Lipinski definition) is 8. The molecule has 0 atom stereocenters. The average Bonchev–Trinajstić information content (AvgIpc) is 3.07. The smallest absolute Gasteiger partial charge is 0.274 e. The van der Waals surface area contributed by atoms with E-state index in [4.69, 9.17) is 14.7 Å². The molecule has 32 heavy (non-hydrogen) atoms. The molecule has 2 aromatic rings. The second-order valence-corrected chi connectivity index (χ2v) is 8.51. The van der Waals surface area contributed by atoms with Gasteiger partial charge >= 0.3 is 0 Å². The highest BCUT2D eigenvalue weighted by atomic mass is 79.9. The Hall–Kier alpha value is -3.36. The first-order chi connectivity index (χ1) is 15.2. The molecule has 11 heteroatoms. The fourth-order valence-electron chi connectivity index (χ4n) is 2.89. The minimum absolute atomic E-state index is 0.0231. The van der Waals surface area contributed by atoms with Gasteiger partial charge in [-0.15, -0.1) is 0 Å². The number of aryl methyl sites for hydroxylation is 1. The van der Waals surface area contributed by atoms with Crippen molar-refractivity contribution in [3.8, 4) is 17.6 Å².